The highest BCUT2D eigenvalue weighted by molar-refractivity contribution is 5.75. The zero-order chi connectivity index (χ0) is 25.1. The summed E-state index contributed by atoms with van der Waals surface area (Å²) in [4.78, 5) is 36.8. The Morgan fingerprint density at radius 1 is 1.03 bits per heavy atom. The van der Waals surface area contributed by atoms with E-state index in [-0.39, 0.29) is 53.2 Å². The van der Waals surface area contributed by atoms with Crippen LogP contribution in [0.15, 0.2) is 0 Å². The fraction of sp³-hybridized carbons (Fsp3) is 0.893. The molecule has 1 N–H and O–H groups in total. The van der Waals surface area contributed by atoms with Crippen LogP contribution in [-0.2, 0) is 23.9 Å². The van der Waals surface area contributed by atoms with Crippen LogP contribution in [0.1, 0.15) is 99.3 Å². The van der Waals surface area contributed by atoms with Crippen LogP contribution >= 0.6 is 0 Å². The van der Waals surface area contributed by atoms with Gasteiger partial charge in [0.15, 0.2) is 0 Å². The molecule has 0 heterocycles. The highest BCUT2D eigenvalue weighted by atomic mass is 16.5. The van der Waals surface area contributed by atoms with Gasteiger partial charge in [0.2, 0.25) is 0 Å². The standard InChI is InChI=1S/C28H44O6/c1-17(33-24(31)25(3,4)5)21-11-14-28(32)23-8-7-19-15-20(34-18(2)30)9-13-27(19,16-29)22(23)10-12-26(21,28)6/h16-17,19-23,32H,7-15H2,1-6H3/t17-,19-,20-,21+,22-,23+,26+,27+,28-/m0/s1. The normalized spacial score (nSPS) is 44.7. The number of aliphatic hydroxyl groups is 1. The van der Waals surface area contributed by atoms with E-state index in [2.05, 4.69) is 6.92 Å². The van der Waals surface area contributed by atoms with Crippen molar-refractivity contribution in [1.82, 2.24) is 0 Å². The first-order chi connectivity index (χ1) is 15.8. The highest BCUT2D eigenvalue weighted by Crippen LogP contribution is 2.69. The number of hydrogen-bond acceptors (Lipinski definition) is 6. The Kier molecular flexibility index (Phi) is 6.49. The molecule has 4 saturated carbocycles. The molecule has 9 atom stereocenters. The average Bonchev–Trinajstić information content (AvgIpc) is 3.03. The van der Waals surface area contributed by atoms with E-state index in [0.29, 0.717) is 6.42 Å². The SMILES string of the molecule is CC(=O)O[C@H]1CC[C@@]2(C=O)[C@@H](CC[C@@H]3[C@@H]2CC[C@]2(C)[C@@H]([C@H](C)OC(=O)C(C)(C)C)CC[C@]32O)C1. The minimum absolute atomic E-state index is 0.0773. The lowest BCUT2D eigenvalue weighted by Crippen LogP contribution is -2.64. The first kappa shape index (κ1) is 25.7. The maximum atomic E-state index is 12.7. The van der Waals surface area contributed by atoms with Gasteiger partial charge in [-0.25, -0.2) is 0 Å². The first-order valence-electron chi connectivity index (χ1n) is 13.4. The first-order valence-corrected chi connectivity index (χ1v) is 13.4. The van der Waals surface area contributed by atoms with Crippen LogP contribution in [0.25, 0.3) is 0 Å². The van der Waals surface area contributed by atoms with Crippen molar-refractivity contribution in [3.8, 4) is 0 Å². The Labute approximate surface area is 204 Å². The summed E-state index contributed by atoms with van der Waals surface area (Å²) < 4.78 is 11.4. The molecular weight excluding hydrogens is 432 g/mol. The van der Waals surface area contributed by atoms with Crippen LogP contribution in [-0.4, -0.2) is 41.1 Å². The van der Waals surface area contributed by atoms with E-state index in [1.165, 1.54) is 13.2 Å². The van der Waals surface area contributed by atoms with Gasteiger partial charge in [-0.3, -0.25) is 9.59 Å². The molecule has 0 aromatic rings. The smallest absolute Gasteiger partial charge is 0.311 e. The molecule has 4 aliphatic carbocycles. The summed E-state index contributed by atoms with van der Waals surface area (Å²) in [5.74, 6) is 0.103. The van der Waals surface area contributed by atoms with Gasteiger partial charge in [0.1, 0.15) is 18.5 Å². The molecule has 0 amide bonds. The Morgan fingerprint density at radius 3 is 2.35 bits per heavy atom. The molecule has 0 aromatic heterocycles. The van der Waals surface area contributed by atoms with E-state index in [1.54, 1.807) is 0 Å². The van der Waals surface area contributed by atoms with Crippen molar-refractivity contribution in [3.63, 3.8) is 0 Å². The largest absolute Gasteiger partial charge is 0.463 e. The Bertz CT molecular complexity index is 831. The molecule has 192 valence electrons. The van der Waals surface area contributed by atoms with E-state index in [4.69, 9.17) is 9.47 Å². The Balaban J connectivity index is 1.56. The van der Waals surface area contributed by atoms with Crippen molar-refractivity contribution in [2.75, 3.05) is 0 Å². The van der Waals surface area contributed by atoms with E-state index in [9.17, 15) is 19.5 Å². The lowest BCUT2D eigenvalue weighted by molar-refractivity contribution is -0.217. The highest BCUT2D eigenvalue weighted by Gasteiger charge is 2.69. The van der Waals surface area contributed by atoms with Crippen molar-refractivity contribution in [2.24, 2.45) is 39.9 Å². The van der Waals surface area contributed by atoms with Gasteiger partial charge in [0.05, 0.1) is 11.0 Å². The Hall–Kier alpha value is -1.43. The molecule has 34 heavy (non-hydrogen) atoms. The third-order valence-corrected chi connectivity index (χ3v) is 10.5. The van der Waals surface area contributed by atoms with Crippen LogP contribution in [0.5, 0.6) is 0 Å². The number of hydrogen-bond donors (Lipinski definition) is 1. The molecule has 4 rings (SSSR count). The summed E-state index contributed by atoms with van der Waals surface area (Å²) in [6.45, 7) is 11.2. The zero-order valence-electron chi connectivity index (χ0n) is 21.9. The fourth-order valence-electron chi connectivity index (χ4n) is 8.67. The number of fused-ring (bicyclic) bond motifs is 5. The number of carbonyl (C=O) groups excluding carboxylic acids is 3. The zero-order valence-corrected chi connectivity index (χ0v) is 21.9. The summed E-state index contributed by atoms with van der Waals surface area (Å²) in [6.07, 6.45) is 8.11. The molecule has 0 radical (unpaired) electrons. The van der Waals surface area contributed by atoms with Gasteiger partial charge in [0.25, 0.3) is 0 Å². The van der Waals surface area contributed by atoms with Gasteiger partial charge >= 0.3 is 11.9 Å². The molecule has 4 fully saturated rings. The monoisotopic (exact) mass is 476 g/mol. The molecule has 0 saturated heterocycles. The van der Waals surface area contributed by atoms with Gasteiger partial charge in [-0.2, -0.15) is 0 Å². The van der Waals surface area contributed by atoms with Gasteiger partial charge in [-0.15, -0.1) is 0 Å². The topological polar surface area (TPSA) is 89.9 Å². The third kappa shape index (κ3) is 3.83. The third-order valence-electron chi connectivity index (χ3n) is 10.5. The minimum atomic E-state index is -0.850. The lowest BCUT2D eigenvalue weighted by Gasteiger charge is -2.63. The predicted molar refractivity (Wildman–Crippen MR) is 128 cm³/mol. The van der Waals surface area contributed by atoms with Crippen molar-refractivity contribution >= 4 is 18.2 Å². The number of carbonyl (C=O) groups is 3. The number of esters is 2. The summed E-state index contributed by atoms with van der Waals surface area (Å²) in [7, 11) is 0. The summed E-state index contributed by atoms with van der Waals surface area (Å²) in [6, 6.07) is 0. The second-order valence-electron chi connectivity index (χ2n) is 13.1. The minimum Gasteiger partial charge on any atom is -0.463 e. The van der Waals surface area contributed by atoms with Gasteiger partial charge < -0.3 is 19.4 Å². The summed E-state index contributed by atoms with van der Waals surface area (Å²) in [5.41, 5.74) is -2.17. The molecule has 0 aliphatic heterocycles. The van der Waals surface area contributed by atoms with Crippen LogP contribution in [0.2, 0.25) is 0 Å². The van der Waals surface area contributed by atoms with Crippen LogP contribution in [0.4, 0.5) is 0 Å². The average molecular weight is 477 g/mol. The maximum absolute atomic E-state index is 12.7. The van der Waals surface area contributed by atoms with Crippen LogP contribution in [0, 0.1) is 39.9 Å². The fourth-order valence-corrected chi connectivity index (χ4v) is 8.67. The second kappa shape index (κ2) is 8.60. The summed E-state index contributed by atoms with van der Waals surface area (Å²) >= 11 is 0. The molecule has 0 unspecified atom stereocenters. The molecule has 6 heteroatoms. The molecule has 0 bridgehead atoms. The quantitative estimate of drug-likeness (QED) is 0.461. The second-order valence-corrected chi connectivity index (χ2v) is 13.1. The summed E-state index contributed by atoms with van der Waals surface area (Å²) in [5, 5.41) is 12.3. The van der Waals surface area contributed by atoms with Gasteiger partial charge in [-0.1, -0.05) is 6.92 Å². The van der Waals surface area contributed by atoms with E-state index < -0.39 is 16.4 Å². The van der Waals surface area contributed by atoms with Gasteiger partial charge in [0, 0.05) is 23.7 Å². The van der Waals surface area contributed by atoms with Crippen LogP contribution in [0.3, 0.4) is 0 Å². The molecule has 4 aliphatic rings. The van der Waals surface area contributed by atoms with Crippen LogP contribution < -0.4 is 0 Å². The molecule has 0 spiro atoms. The maximum Gasteiger partial charge on any atom is 0.311 e. The van der Waals surface area contributed by atoms with Gasteiger partial charge in [-0.05, 0) is 103 Å². The van der Waals surface area contributed by atoms with E-state index in [1.807, 2.05) is 27.7 Å². The van der Waals surface area contributed by atoms with Crippen molar-refractivity contribution in [3.05, 3.63) is 0 Å². The predicted octanol–water partition coefficient (Wildman–Crippen LogP) is 4.85. The number of rotatable bonds is 4. The van der Waals surface area contributed by atoms with Crippen molar-refractivity contribution < 1.29 is 29.0 Å². The lowest BCUT2D eigenvalue weighted by atomic mass is 9.43. The number of ether oxygens (including phenoxy) is 2. The molecule has 0 aromatic carbocycles. The molecule has 6 nitrogen and oxygen atoms in total. The van der Waals surface area contributed by atoms with Crippen molar-refractivity contribution in [1.29, 1.82) is 0 Å². The molecular formula is C28H44O6. The number of aldehydes is 1. The van der Waals surface area contributed by atoms with Crippen molar-refractivity contribution in [2.45, 2.75) is 117 Å². The Morgan fingerprint density at radius 2 is 1.74 bits per heavy atom. The van der Waals surface area contributed by atoms with E-state index in [0.717, 1.165) is 51.4 Å². The van der Waals surface area contributed by atoms with E-state index >= 15 is 0 Å².